The van der Waals surface area contributed by atoms with E-state index in [4.69, 9.17) is 9.47 Å². The molecule has 0 aliphatic rings. The van der Waals surface area contributed by atoms with Crippen LogP contribution in [-0.4, -0.2) is 20.1 Å². The molecule has 0 spiro atoms. The van der Waals surface area contributed by atoms with Crippen molar-refractivity contribution in [3.8, 4) is 11.5 Å². The van der Waals surface area contributed by atoms with Crippen LogP contribution in [0.3, 0.4) is 0 Å². The first-order valence-electron chi connectivity index (χ1n) is 6.45. The monoisotopic (exact) mass is 475 g/mol. The number of methoxy groups -OCH3 is 2. The number of nitrogens with one attached hydrogen (secondary N) is 1. The minimum Gasteiger partial charge on any atom is -0.495 e. The summed E-state index contributed by atoms with van der Waals surface area (Å²) in [4.78, 5) is 12.5. The molecule has 0 unspecified atom stereocenters. The van der Waals surface area contributed by atoms with Crippen LogP contribution in [0.2, 0.25) is 0 Å². The standard InChI is InChI=1S/C16H15BrINO3/c1-9-6-11(18)4-5-12(9)19-16(20)10-7-13(21-2)15(17)14(8-10)22-3/h4-8H,1-3H3,(H,19,20). The topological polar surface area (TPSA) is 47.6 Å². The lowest BCUT2D eigenvalue weighted by atomic mass is 10.1. The summed E-state index contributed by atoms with van der Waals surface area (Å²) in [5.74, 6) is 0.876. The highest BCUT2D eigenvalue weighted by Gasteiger charge is 2.15. The molecule has 22 heavy (non-hydrogen) atoms. The molecule has 116 valence electrons. The number of halogens is 2. The van der Waals surface area contributed by atoms with E-state index in [0.717, 1.165) is 14.8 Å². The Kier molecular flexibility index (Phi) is 5.69. The van der Waals surface area contributed by atoms with Crippen molar-refractivity contribution in [3.05, 3.63) is 49.5 Å². The second-order valence-electron chi connectivity index (χ2n) is 4.61. The second-order valence-corrected chi connectivity index (χ2v) is 6.65. The van der Waals surface area contributed by atoms with Gasteiger partial charge in [-0.2, -0.15) is 0 Å². The Morgan fingerprint density at radius 2 is 1.73 bits per heavy atom. The number of carbonyl (C=O) groups excluding carboxylic acids is 1. The maximum absolute atomic E-state index is 12.5. The van der Waals surface area contributed by atoms with Crippen molar-refractivity contribution in [2.24, 2.45) is 0 Å². The Bertz CT molecular complexity index is 694. The van der Waals surface area contributed by atoms with E-state index >= 15 is 0 Å². The molecule has 0 aliphatic carbocycles. The highest BCUT2D eigenvalue weighted by molar-refractivity contribution is 14.1. The SMILES string of the molecule is COc1cc(C(=O)Nc2ccc(I)cc2C)cc(OC)c1Br. The summed E-state index contributed by atoms with van der Waals surface area (Å²) < 4.78 is 12.3. The highest BCUT2D eigenvalue weighted by atomic mass is 127. The summed E-state index contributed by atoms with van der Waals surface area (Å²) in [6, 6.07) is 9.20. The van der Waals surface area contributed by atoms with Gasteiger partial charge in [0.1, 0.15) is 16.0 Å². The average molecular weight is 476 g/mol. The summed E-state index contributed by atoms with van der Waals surface area (Å²) in [6.07, 6.45) is 0. The van der Waals surface area contributed by atoms with E-state index in [1.807, 2.05) is 25.1 Å². The van der Waals surface area contributed by atoms with Gasteiger partial charge in [-0.3, -0.25) is 4.79 Å². The molecular weight excluding hydrogens is 461 g/mol. The third kappa shape index (κ3) is 3.73. The van der Waals surface area contributed by atoms with Crippen molar-refractivity contribution in [1.82, 2.24) is 0 Å². The van der Waals surface area contributed by atoms with Crippen LogP contribution in [0.25, 0.3) is 0 Å². The summed E-state index contributed by atoms with van der Waals surface area (Å²) >= 11 is 5.63. The number of amides is 1. The van der Waals surface area contributed by atoms with Gasteiger partial charge >= 0.3 is 0 Å². The molecule has 2 rings (SSSR count). The van der Waals surface area contributed by atoms with E-state index in [9.17, 15) is 4.79 Å². The number of anilines is 1. The Morgan fingerprint density at radius 1 is 1.14 bits per heavy atom. The lowest BCUT2D eigenvalue weighted by Crippen LogP contribution is -2.13. The lowest BCUT2D eigenvalue weighted by Gasteiger charge is -2.13. The zero-order valence-electron chi connectivity index (χ0n) is 12.4. The third-order valence-corrected chi connectivity index (χ3v) is 4.60. The predicted molar refractivity (Wildman–Crippen MR) is 99.1 cm³/mol. The lowest BCUT2D eigenvalue weighted by molar-refractivity contribution is 0.102. The van der Waals surface area contributed by atoms with Gasteiger partial charge in [0, 0.05) is 14.8 Å². The van der Waals surface area contributed by atoms with Crippen molar-refractivity contribution in [2.75, 3.05) is 19.5 Å². The van der Waals surface area contributed by atoms with E-state index in [2.05, 4.69) is 43.8 Å². The summed E-state index contributed by atoms with van der Waals surface area (Å²) in [5.41, 5.74) is 2.26. The number of hydrogen-bond donors (Lipinski definition) is 1. The van der Waals surface area contributed by atoms with Gasteiger partial charge in [-0.05, 0) is 81.3 Å². The molecule has 1 amide bonds. The number of carbonyl (C=O) groups is 1. The highest BCUT2D eigenvalue weighted by Crippen LogP contribution is 2.35. The number of ether oxygens (including phenoxy) is 2. The van der Waals surface area contributed by atoms with Gasteiger partial charge in [0.2, 0.25) is 0 Å². The zero-order chi connectivity index (χ0) is 16.3. The minimum absolute atomic E-state index is 0.214. The first-order chi connectivity index (χ1) is 10.5. The van der Waals surface area contributed by atoms with Gasteiger partial charge in [-0.15, -0.1) is 0 Å². The molecule has 2 aromatic rings. The van der Waals surface area contributed by atoms with Gasteiger partial charge in [-0.1, -0.05) is 0 Å². The van der Waals surface area contributed by atoms with Gasteiger partial charge in [0.15, 0.2) is 0 Å². The molecule has 0 aliphatic heterocycles. The van der Waals surface area contributed by atoms with E-state index in [-0.39, 0.29) is 5.91 Å². The van der Waals surface area contributed by atoms with Crippen LogP contribution < -0.4 is 14.8 Å². The van der Waals surface area contributed by atoms with E-state index in [0.29, 0.717) is 21.5 Å². The molecule has 0 saturated heterocycles. The van der Waals surface area contributed by atoms with Crippen LogP contribution in [0.1, 0.15) is 15.9 Å². The molecular formula is C16H15BrINO3. The molecule has 0 fully saturated rings. The van der Waals surface area contributed by atoms with Crippen molar-refractivity contribution in [3.63, 3.8) is 0 Å². The summed E-state index contributed by atoms with van der Waals surface area (Å²) in [6.45, 7) is 1.96. The molecule has 0 radical (unpaired) electrons. The van der Waals surface area contributed by atoms with Crippen molar-refractivity contribution < 1.29 is 14.3 Å². The predicted octanol–water partition coefficient (Wildman–Crippen LogP) is 4.63. The first-order valence-corrected chi connectivity index (χ1v) is 8.32. The second kappa shape index (κ2) is 7.32. The van der Waals surface area contributed by atoms with E-state index in [1.165, 1.54) is 0 Å². The van der Waals surface area contributed by atoms with E-state index < -0.39 is 0 Å². The third-order valence-electron chi connectivity index (χ3n) is 3.14. The maximum atomic E-state index is 12.5. The Morgan fingerprint density at radius 3 is 2.23 bits per heavy atom. The molecule has 0 atom stereocenters. The molecule has 6 heteroatoms. The normalized spacial score (nSPS) is 10.2. The van der Waals surface area contributed by atoms with Gasteiger partial charge in [0.25, 0.3) is 5.91 Å². The van der Waals surface area contributed by atoms with Crippen LogP contribution in [0.4, 0.5) is 5.69 Å². The minimum atomic E-state index is -0.214. The van der Waals surface area contributed by atoms with Gasteiger partial charge in [0.05, 0.1) is 14.2 Å². The van der Waals surface area contributed by atoms with Crippen LogP contribution in [0.5, 0.6) is 11.5 Å². The molecule has 0 saturated carbocycles. The molecule has 0 aromatic heterocycles. The average Bonchev–Trinajstić information content (AvgIpc) is 2.50. The Hall–Kier alpha value is -1.28. The molecule has 2 aromatic carbocycles. The number of aryl methyl sites for hydroxylation is 1. The van der Waals surface area contributed by atoms with Crippen LogP contribution in [0, 0.1) is 10.5 Å². The number of hydrogen-bond acceptors (Lipinski definition) is 3. The summed E-state index contributed by atoms with van der Waals surface area (Å²) in [7, 11) is 3.09. The van der Waals surface area contributed by atoms with Gasteiger partial charge in [-0.25, -0.2) is 0 Å². The fourth-order valence-corrected chi connectivity index (χ4v) is 3.16. The molecule has 0 heterocycles. The first kappa shape index (κ1) is 17.1. The number of rotatable bonds is 4. The fourth-order valence-electron chi connectivity index (χ4n) is 1.96. The largest absolute Gasteiger partial charge is 0.495 e. The Labute approximate surface area is 151 Å². The fraction of sp³-hybridized carbons (Fsp3) is 0.188. The van der Waals surface area contributed by atoms with Crippen LogP contribution in [-0.2, 0) is 0 Å². The van der Waals surface area contributed by atoms with Crippen molar-refractivity contribution in [1.29, 1.82) is 0 Å². The maximum Gasteiger partial charge on any atom is 0.255 e. The quantitative estimate of drug-likeness (QED) is 0.655. The Balaban J connectivity index is 2.33. The number of benzene rings is 2. The zero-order valence-corrected chi connectivity index (χ0v) is 16.1. The van der Waals surface area contributed by atoms with Gasteiger partial charge < -0.3 is 14.8 Å². The molecule has 0 bridgehead atoms. The van der Waals surface area contributed by atoms with Crippen LogP contribution >= 0.6 is 38.5 Å². The van der Waals surface area contributed by atoms with Crippen LogP contribution in [0.15, 0.2) is 34.8 Å². The summed E-state index contributed by atoms with van der Waals surface area (Å²) in [5, 5.41) is 2.91. The van der Waals surface area contributed by atoms with Crippen molar-refractivity contribution in [2.45, 2.75) is 6.92 Å². The van der Waals surface area contributed by atoms with E-state index in [1.54, 1.807) is 26.4 Å². The molecule has 4 nitrogen and oxygen atoms in total. The smallest absolute Gasteiger partial charge is 0.255 e. The van der Waals surface area contributed by atoms with Crippen molar-refractivity contribution >= 4 is 50.1 Å². The molecule has 1 N–H and O–H groups in total.